The highest BCUT2D eigenvalue weighted by molar-refractivity contribution is 6.35. The van der Waals surface area contributed by atoms with E-state index in [1.165, 1.54) is 11.8 Å². The first-order chi connectivity index (χ1) is 11.3. The molecule has 0 unspecified atom stereocenters. The highest BCUT2D eigenvalue weighted by atomic mass is 35.5. The summed E-state index contributed by atoms with van der Waals surface area (Å²) in [4.78, 5) is 25.8. The lowest BCUT2D eigenvalue weighted by molar-refractivity contribution is -0.120. The number of nitrogens with zero attached hydrogens (tertiary/aromatic N) is 1. The van der Waals surface area contributed by atoms with Gasteiger partial charge in [-0.1, -0.05) is 35.3 Å². The zero-order chi connectivity index (χ0) is 17.9. The number of rotatable bonds is 4. The number of carbonyl (C=O) groups is 2. The van der Waals surface area contributed by atoms with Gasteiger partial charge in [0, 0.05) is 28.3 Å². The van der Waals surface area contributed by atoms with Crippen molar-refractivity contribution in [1.82, 2.24) is 0 Å². The van der Waals surface area contributed by atoms with Gasteiger partial charge in [0.2, 0.25) is 11.8 Å². The number of halogens is 2. The fourth-order valence-corrected chi connectivity index (χ4v) is 2.87. The van der Waals surface area contributed by atoms with Gasteiger partial charge in [0.15, 0.2) is 0 Å². The molecule has 24 heavy (non-hydrogen) atoms. The summed E-state index contributed by atoms with van der Waals surface area (Å²) in [6, 6.07) is 10.6. The van der Waals surface area contributed by atoms with Crippen molar-refractivity contribution in [2.24, 2.45) is 0 Å². The maximum atomic E-state index is 12.3. The third-order valence-corrected chi connectivity index (χ3v) is 3.92. The van der Waals surface area contributed by atoms with E-state index in [1.807, 2.05) is 32.0 Å². The molecular weight excluding hydrogens is 347 g/mol. The molecule has 0 radical (unpaired) electrons. The van der Waals surface area contributed by atoms with E-state index in [0.717, 1.165) is 16.8 Å². The second-order valence-electron chi connectivity index (χ2n) is 5.60. The van der Waals surface area contributed by atoms with Gasteiger partial charge in [0.1, 0.15) is 6.54 Å². The molecule has 126 valence electrons. The predicted octanol–water partition coefficient (Wildman–Crippen LogP) is 4.60. The van der Waals surface area contributed by atoms with Crippen LogP contribution in [0.4, 0.5) is 11.4 Å². The molecule has 0 heterocycles. The summed E-state index contributed by atoms with van der Waals surface area (Å²) in [6.45, 7) is 5.18. The molecule has 2 rings (SSSR count). The van der Waals surface area contributed by atoms with Crippen LogP contribution in [0.2, 0.25) is 10.0 Å². The minimum Gasteiger partial charge on any atom is -0.324 e. The average molecular weight is 365 g/mol. The first-order valence-electron chi connectivity index (χ1n) is 7.37. The number of aryl methyl sites for hydroxylation is 2. The fourth-order valence-electron chi connectivity index (χ4n) is 2.35. The minimum absolute atomic E-state index is 0.0935. The molecule has 0 saturated carbocycles. The topological polar surface area (TPSA) is 49.4 Å². The summed E-state index contributed by atoms with van der Waals surface area (Å²) in [6.07, 6.45) is 0. The maximum absolute atomic E-state index is 12.3. The van der Waals surface area contributed by atoms with Gasteiger partial charge in [-0.25, -0.2) is 0 Å². The van der Waals surface area contributed by atoms with Crippen molar-refractivity contribution in [3.05, 3.63) is 57.6 Å². The molecule has 0 aromatic heterocycles. The number of carbonyl (C=O) groups excluding carboxylic acids is 2. The Balaban J connectivity index is 2.20. The monoisotopic (exact) mass is 364 g/mol. The SMILES string of the molecule is CC(=O)N(CC(=O)Nc1cc(Cl)cc(Cl)c1)c1cc(C)ccc1C. The van der Waals surface area contributed by atoms with Gasteiger partial charge in [-0.05, 0) is 49.2 Å². The highest BCUT2D eigenvalue weighted by Gasteiger charge is 2.18. The van der Waals surface area contributed by atoms with Crippen LogP contribution < -0.4 is 10.2 Å². The van der Waals surface area contributed by atoms with E-state index in [-0.39, 0.29) is 18.4 Å². The van der Waals surface area contributed by atoms with E-state index in [1.54, 1.807) is 18.2 Å². The normalized spacial score (nSPS) is 10.4. The van der Waals surface area contributed by atoms with E-state index < -0.39 is 0 Å². The largest absolute Gasteiger partial charge is 0.324 e. The third kappa shape index (κ3) is 4.73. The molecule has 0 atom stereocenters. The van der Waals surface area contributed by atoms with Crippen LogP contribution >= 0.6 is 23.2 Å². The van der Waals surface area contributed by atoms with Gasteiger partial charge >= 0.3 is 0 Å². The second kappa shape index (κ2) is 7.69. The van der Waals surface area contributed by atoms with Crippen molar-refractivity contribution in [2.45, 2.75) is 20.8 Å². The zero-order valence-corrected chi connectivity index (χ0v) is 15.2. The Bertz CT molecular complexity index is 770. The summed E-state index contributed by atoms with van der Waals surface area (Å²) in [5.74, 6) is -0.535. The van der Waals surface area contributed by atoms with Crippen LogP contribution in [-0.2, 0) is 9.59 Å². The summed E-state index contributed by atoms with van der Waals surface area (Å²) >= 11 is 11.8. The molecule has 6 heteroatoms. The van der Waals surface area contributed by atoms with E-state index in [9.17, 15) is 9.59 Å². The van der Waals surface area contributed by atoms with Crippen LogP contribution in [0, 0.1) is 13.8 Å². The Labute approximate surface area is 151 Å². The van der Waals surface area contributed by atoms with Gasteiger partial charge in [-0.15, -0.1) is 0 Å². The van der Waals surface area contributed by atoms with Crippen LogP contribution in [-0.4, -0.2) is 18.4 Å². The highest BCUT2D eigenvalue weighted by Crippen LogP contribution is 2.24. The van der Waals surface area contributed by atoms with E-state index in [4.69, 9.17) is 23.2 Å². The lowest BCUT2D eigenvalue weighted by Gasteiger charge is -2.23. The van der Waals surface area contributed by atoms with Gasteiger partial charge < -0.3 is 10.2 Å². The van der Waals surface area contributed by atoms with E-state index in [0.29, 0.717) is 15.7 Å². The molecule has 4 nitrogen and oxygen atoms in total. The molecule has 0 saturated heterocycles. The molecule has 2 aromatic carbocycles. The van der Waals surface area contributed by atoms with Crippen LogP contribution in [0.3, 0.4) is 0 Å². The Hall–Kier alpha value is -2.04. The molecule has 2 aromatic rings. The van der Waals surface area contributed by atoms with E-state index >= 15 is 0 Å². The molecule has 0 spiro atoms. The van der Waals surface area contributed by atoms with Crippen molar-refractivity contribution in [3.8, 4) is 0 Å². The lowest BCUT2D eigenvalue weighted by atomic mass is 10.1. The Morgan fingerprint density at radius 2 is 1.67 bits per heavy atom. The van der Waals surface area contributed by atoms with Crippen molar-refractivity contribution < 1.29 is 9.59 Å². The number of nitrogens with one attached hydrogen (secondary N) is 1. The van der Waals surface area contributed by atoms with Crippen LogP contribution in [0.25, 0.3) is 0 Å². The Morgan fingerprint density at radius 3 is 2.25 bits per heavy atom. The number of amides is 2. The molecular formula is C18H18Cl2N2O2. The van der Waals surface area contributed by atoms with Gasteiger partial charge in [0.05, 0.1) is 0 Å². The fraction of sp³-hybridized carbons (Fsp3) is 0.222. The van der Waals surface area contributed by atoms with E-state index in [2.05, 4.69) is 5.32 Å². The summed E-state index contributed by atoms with van der Waals surface area (Å²) < 4.78 is 0. The number of hydrogen-bond acceptors (Lipinski definition) is 2. The van der Waals surface area contributed by atoms with Crippen molar-refractivity contribution in [2.75, 3.05) is 16.8 Å². The first-order valence-corrected chi connectivity index (χ1v) is 8.13. The van der Waals surface area contributed by atoms with Crippen LogP contribution in [0.5, 0.6) is 0 Å². The standard InChI is InChI=1S/C18H18Cl2N2O2/c1-11-4-5-12(2)17(6-11)22(13(3)23)10-18(24)21-16-8-14(19)7-15(20)9-16/h4-9H,10H2,1-3H3,(H,21,24). The minimum atomic E-state index is -0.329. The number of anilines is 2. The molecule has 1 N–H and O–H groups in total. The summed E-state index contributed by atoms with van der Waals surface area (Å²) in [5, 5.41) is 3.56. The predicted molar refractivity (Wildman–Crippen MR) is 99.0 cm³/mol. The Morgan fingerprint density at radius 1 is 1.04 bits per heavy atom. The zero-order valence-electron chi connectivity index (χ0n) is 13.7. The smallest absolute Gasteiger partial charge is 0.244 e. The van der Waals surface area contributed by atoms with Gasteiger partial charge in [-0.2, -0.15) is 0 Å². The summed E-state index contributed by atoms with van der Waals surface area (Å²) in [5.41, 5.74) is 3.15. The molecule has 0 aliphatic heterocycles. The van der Waals surface area contributed by atoms with Gasteiger partial charge in [-0.3, -0.25) is 9.59 Å². The first kappa shape index (κ1) is 18.3. The average Bonchev–Trinajstić information content (AvgIpc) is 2.46. The van der Waals surface area contributed by atoms with Crippen LogP contribution in [0.1, 0.15) is 18.1 Å². The molecule has 0 bridgehead atoms. The van der Waals surface area contributed by atoms with Crippen molar-refractivity contribution >= 4 is 46.4 Å². The molecule has 0 fully saturated rings. The lowest BCUT2D eigenvalue weighted by Crippen LogP contribution is -2.37. The molecule has 2 amide bonds. The number of benzene rings is 2. The summed E-state index contributed by atoms with van der Waals surface area (Å²) in [7, 11) is 0. The Kier molecular flexibility index (Phi) is 5.86. The third-order valence-electron chi connectivity index (χ3n) is 3.48. The number of hydrogen-bond donors (Lipinski definition) is 1. The van der Waals surface area contributed by atoms with Gasteiger partial charge in [0.25, 0.3) is 0 Å². The maximum Gasteiger partial charge on any atom is 0.244 e. The molecule has 0 aliphatic rings. The molecule has 0 aliphatic carbocycles. The van der Waals surface area contributed by atoms with Crippen molar-refractivity contribution in [1.29, 1.82) is 0 Å². The quantitative estimate of drug-likeness (QED) is 0.861. The van der Waals surface area contributed by atoms with Crippen molar-refractivity contribution in [3.63, 3.8) is 0 Å². The second-order valence-corrected chi connectivity index (χ2v) is 6.47. The van der Waals surface area contributed by atoms with Crippen LogP contribution in [0.15, 0.2) is 36.4 Å².